The maximum atomic E-state index is 12.9. The summed E-state index contributed by atoms with van der Waals surface area (Å²) in [6.45, 7) is 12.5. The van der Waals surface area contributed by atoms with Crippen LogP contribution in [-0.2, 0) is 9.53 Å². The van der Waals surface area contributed by atoms with E-state index >= 15 is 0 Å². The zero-order valence-electron chi connectivity index (χ0n) is 16.7. The van der Waals surface area contributed by atoms with Gasteiger partial charge in [0.05, 0.1) is 18.7 Å². The second-order valence-electron chi connectivity index (χ2n) is 7.16. The van der Waals surface area contributed by atoms with Gasteiger partial charge < -0.3 is 19.5 Å². The number of piperazine rings is 1. The quantitative estimate of drug-likeness (QED) is 0.739. The van der Waals surface area contributed by atoms with Crippen molar-refractivity contribution < 1.29 is 14.3 Å². The fourth-order valence-electron chi connectivity index (χ4n) is 3.62. The van der Waals surface area contributed by atoms with Crippen LogP contribution in [0, 0.1) is 13.8 Å². The van der Waals surface area contributed by atoms with E-state index in [-0.39, 0.29) is 11.8 Å². The van der Waals surface area contributed by atoms with Gasteiger partial charge in [-0.3, -0.25) is 14.5 Å². The molecule has 146 valence electrons. The van der Waals surface area contributed by atoms with Crippen LogP contribution in [0.3, 0.4) is 0 Å². The smallest absolute Gasteiger partial charge is 0.255 e. The van der Waals surface area contributed by atoms with Crippen molar-refractivity contribution in [1.29, 1.82) is 0 Å². The molecule has 1 fully saturated rings. The van der Waals surface area contributed by atoms with Gasteiger partial charge in [0.25, 0.3) is 5.91 Å². The Morgan fingerprint density at radius 1 is 1.19 bits per heavy atom. The van der Waals surface area contributed by atoms with E-state index in [2.05, 4.69) is 28.6 Å². The summed E-state index contributed by atoms with van der Waals surface area (Å²) in [6, 6.07) is 2.33. The summed E-state index contributed by atoms with van der Waals surface area (Å²) in [7, 11) is 1.61. The van der Waals surface area contributed by atoms with Gasteiger partial charge in [0.15, 0.2) is 0 Å². The second-order valence-corrected chi connectivity index (χ2v) is 7.16. The summed E-state index contributed by atoms with van der Waals surface area (Å²) in [5.41, 5.74) is 2.94. The van der Waals surface area contributed by atoms with Crippen molar-refractivity contribution in [1.82, 2.24) is 19.7 Å². The molecule has 2 heterocycles. The number of nitrogens with zero attached hydrogens (tertiary/aromatic N) is 3. The predicted octanol–water partition coefficient (Wildman–Crippen LogP) is 1.21. The maximum Gasteiger partial charge on any atom is 0.255 e. The molecule has 7 nitrogen and oxygen atoms in total. The third kappa shape index (κ3) is 4.86. The molecule has 0 unspecified atom stereocenters. The molecule has 0 spiro atoms. The molecular weight excluding hydrogens is 332 g/mol. The molecule has 1 aliphatic heterocycles. The molecule has 2 amide bonds. The molecule has 7 heteroatoms. The lowest BCUT2D eigenvalue weighted by Crippen LogP contribution is -2.51. The lowest BCUT2D eigenvalue weighted by Gasteiger charge is -2.34. The number of carbonyl (C=O) groups is 2. The number of aromatic nitrogens is 1. The molecule has 0 bridgehead atoms. The van der Waals surface area contributed by atoms with E-state index in [9.17, 15) is 9.59 Å². The Morgan fingerprint density at radius 2 is 1.85 bits per heavy atom. The number of carbonyl (C=O) groups excluding carboxylic acids is 2. The molecule has 0 atom stereocenters. The minimum atomic E-state index is 0.00213. The molecule has 0 radical (unpaired) electrons. The van der Waals surface area contributed by atoms with Gasteiger partial charge in [-0.1, -0.05) is 0 Å². The first-order valence-electron chi connectivity index (χ1n) is 9.30. The first kappa shape index (κ1) is 20.5. The highest BCUT2D eigenvalue weighted by molar-refractivity contribution is 5.95. The summed E-state index contributed by atoms with van der Waals surface area (Å²) < 4.78 is 7.13. The van der Waals surface area contributed by atoms with Gasteiger partial charge >= 0.3 is 0 Å². The van der Waals surface area contributed by atoms with Crippen molar-refractivity contribution in [3.8, 4) is 0 Å². The van der Waals surface area contributed by atoms with Crippen LogP contribution < -0.4 is 5.32 Å². The lowest BCUT2D eigenvalue weighted by atomic mass is 10.2. The van der Waals surface area contributed by atoms with E-state index in [1.54, 1.807) is 7.11 Å². The fourth-order valence-corrected chi connectivity index (χ4v) is 3.62. The van der Waals surface area contributed by atoms with Gasteiger partial charge in [-0.25, -0.2) is 0 Å². The Labute approximate surface area is 156 Å². The van der Waals surface area contributed by atoms with Crippen molar-refractivity contribution in [3.63, 3.8) is 0 Å². The second kappa shape index (κ2) is 9.19. The number of ether oxygens (including phenoxy) is 1. The van der Waals surface area contributed by atoms with Gasteiger partial charge in [0, 0.05) is 57.3 Å². The molecule has 1 saturated heterocycles. The first-order valence-corrected chi connectivity index (χ1v) is 9.30. The number of aryl methyl sites for hydroxylation is 1. The van der Waals surface area contributed by atoms with E-state index in [1.807, 2.05) is 24.8 Å². The highest BCUT2D eigenvalue weighted by Crippen LogP contribution is 2.22. The van der Waals surface area contributed by atoms with Gasteiger partial charge in [0.1, 0.15) is 0 Å². The van der Waals surface area contributed by atoms with Gasteiger partial charge in [-0.05, 0) is 33.8 Å². The summed E-state index contributed by atoms with van der Waals surface area (Å²) in [6.07, 6.45) is 0. The summed E-state index contributed by atoms with van der Waals surface area (Å²) in [4.78, 5) is 28.8. The van der Waals surface area contributed by atoms with Crippen LogP contribution in [0.25, 0.3) is 0 Å². The normalized spacial score (nSPS) is 15.5. The molecule has 1 N–H and O–H groups in total. The largest absolute Gasteiger partial charge is 0.383 e. The SMILES string of the molecule is COCCNC(=O)CN1CCN(C(=O)c2cc(C)n(C(C)C)c2C)CC1. The Balaban J connectivity index is 1.89. The van der Waals surface area contributed by atoms with Crippen molar-refractivity contribution >= 4 is 11.8 Å². The van der Waals surface area contributed by atoms with Crippen LogP contribution in [-0.4, -0.2) is 79.2 Å². The molecule has 2 rings (SSSR count). The highest BCUT2D eigenvalue weighted by atomic mass is 16.5. The molecule has 0 aromatic carbocycles. The number of hydrogen-bond donors (Lipinski definition) is 1. The van der Waals surface area contributed by atoms with Gasteiger partial charge in [-0.15, -0.1) is 0 Å². The van der Waals surface area contributed by atoms with E-state index in [1.165, 1.54) is 0 Å². The first-order chi connectivity index (χ1) is 12.3. The fraction of sp³-hybridized carbons (Fsp3) is 0.684. The minimum Gasteiger partial charge on any atom is -0.383 e. The van der Waals surface area contributed by atoms with E-state index < -0.39 is 0 Å². The Kier molecular flexibility index (Phi) is 7.23. The Morgan fingerprint density at radius 3 is 2.38 bits per heavy atom. The molecule has 0 aliphatic carbocycles. The van der Waals surface area contributed by atoms with E-state index in [4.69, 9.17) is 4.74 Å². The van der Waals surface area contributed by atoms with Crippen LogP contribution in [0.5, 0.6) is 0 Å². The molecule has 26 heavy (non-hydrogen) atoms. The summed E-state index contributed by atoms with van der Waals surface area (Å²) in [5.74, 6) is 0.0940. The zero-order valence-corrected chi connectivity index (χ0v) is 16.7. The molecule has 0 saturated carbocycles. The average Bonchev–Trinajstić information content (AvgIpc) is 2.89. The minimum absolute atomic E-state index is 0.00213. The summed E-state index contributed by atoms with van der Waals surface area (Å²) in [5, 5.41) is 2.83. The maximum absolute atomic E-state index is 12.9. The van der Waals surface area contributed by atoms with Crippen LogP contribution in [0.2, 0.25) is 0 Å². The van der Waals surface area contributed by atoms with Crippen molar-refractivity contribution in [2.24, 2.45) is 0 Å². The number of amides is 2. The third-order valence-corrected chi connectivity index (χ3v) is 4.89. The van der Waals surface area contributed by atoms with Crippen LogP contribution in [0.4, 0.5) is 0 Å². The third-order valence-electron chi connectivity index (χ3n) is 4.89. The van der Waals surface area contributed by atoms with Crippen molar-refractivity contribution in [2.75, 3.05) is 53.0 Å². The average molecular weight is 364 g/mol. The number of nitrogens with one attached hydrogen (secondary N) is 1. The molecular formula is C19H32N4O3. The Bertz CT molecular complexity index is 631. The van der Waals surface area contributed by atoms with Crippen LogP contribution in [0.15, 0.2) is 6.07 Å². The molecule has 1 aromatic rings. The zero-order chi connectivity index (χ0) is 19.3. The number of hydrogen-bond acceptors (Lipinski definition) is 4. The molecule has 1 aliphatic rings. The van der Waals surface area contributed by atoms with E-state index in [0.29, 0.717) is 51.9 Å². The van der Waals surface area contributed by atoms with E-state index in [0.717, 1.165) is 17.0 Å². The van der Waals surface area contributed by atoms with Crippen molar-refractivity contribution in [3.05, 3.63) is 23.0 Å². The van der Waals surface area contributed by atoms with Crippen LogP contribution >= 0.6 is 0 Å². The summed E-state index contributed by atoms with van der Waals surface area (Å²) >= 11 is 0. The van der Waals surface area contributed by atoms with Crippen molar-refractivity contribution in [2.45, 2.75) is 33.7 Å². The lowest BCUT2D eigenvalue weighted by molar-refractivity contribution is -0.122. The highest BCUT2D eigenvalue weighted by Gasteiger charge is 2.26. The predicted molar refractivity (Wildman–Crippen MR) is 102 cm³/mol. The van der Waals surface area contributed by atoms with Crippen LogP contribution in [0.1, 0.15) is 41.6 Å². The monoisotopic (exact) mass is 364 g/mol. The van der Waals surface area contributed by atoms with Gasteiger partial charge in [0.2, 0.25) is 5.91 Å². The standard InChI is InChI=1S/C19H32N4O3/c1-14(2)23-15(3)12-17(16(23)4)19(25)22-9-7-21(8-10-22)13-18(24)20-6-11-26-5/h12,14H,6-11,13H2,1-5H3,(H,20,24). The Hall–Kier alpha value is -1.86. The molecule has 1 aromatic heterocycles. The topological polar surface area (TPSA) is 66.8 Å². The number of rotatable bonds is 7. The number of methoxy groups -OCH3 is 1. The van der Waals surface area contributed by atoms with Gasteiger partial charge in [-0.2, -0.15) is 0 Å².